The predicted molar refractivity (Wildman–Crippen MR) is 59.9 cm³/mol. The van der Waals surface area contributed by atoms with Gasteiger partial charge in [0.15, 0.2) is 0 Å². The van der Waals surface area contributed by atoms with Crippen molar-refractivity contribution < 1.29 is 9.13 Å². The number of anilines is 1. The van der Waals surface area contributed by atoms with E-state index < -0.39 is 5.95 Å². The third kappa shape index (κ3) is 4.99. The smallest absolute Gasteiger partial charge is 0.217 e. The van der Waals surface area contributed by atoms with Crippen LogP contribution in [0.15, 0.2) is 12.4 Å². The Morgan fingerprint density at radius 2 is 2.25 bits per heavy atom. The number of aromatic nitrogens is 2. The molecule has 0 aromatic carbocycles. The molecule has 1 aromatic rings. The van der Waals surface area contributed by atoms with E-state index in [4.69, 9.17) is 4.74 Å². The van der Waals surface area contributed by atoms with Crippen molar-refractivity contribution in [3.05, 3.63) is 18.3 Å². The van der Waals surface area contributed by atoms with Gasteiger partial charge in [0, 0.05) is 32.8 Å². The summed E-state index contributed by atoms with van der Waals surface area (Å²) in [6.07, 6.45) is 1.20. The summed E-state index contributed by atoms with van der Waals surface area (Å²) < 4.78 is 17.7. The summed E-state index contributed by atoms with van der Waals surface area (Å²) in [5, 5.41) is 3.02. The van der Waals surface area contributed by atoms with E-state index in [-0.39, 0.29) is 0 Å². The number of nitrogens with one attached hydrogen (secondary N) is 1. The Morgan fingerprint density at radius 1 is 1.44 bits per heavy atom. The highest BCUT2D eigenvalue weighted by atomic mass is 19.1. The molecule has 0 saturated carbocycles. The molecule has 0 spiro atoms. The summed E-state index contributed by atoms with van der Waals surface area (Å²) in [6.45, 7) is 3.13. The van der Waals surface area contributed by atoms with Crippen LogP contribution in [0.3, 0.4) is 0 Å². The van der Waals surface area contributed by atoms with E-state index in [9.17, 15) is 4.39 Å². The van der Waals surface area contributed by atoms with Gasteiger partial charge in [-0.25, -0.2) is 9.97 Å². The monoisotopic (exact) mass is 228 g/mol. The van der Waals surface area contributed by atoms with Crippen LogP contribution >= 0.6 is 0 Å². The number of halogens is 1. The van der Waals surface area contributed by atoms with E-state index in [2.05, 4.69) is 20.2 Å². The Balaban J connectivity index is 2.20. The normalized spacial score (nSPS) is 10.8. The summed E-state index contributed by atoms with van der Waals surface area (Å²) in [6, 6.07) is 1.27. The highest BCUT2D eigenvalue weighted by molar-refractivity contribution is 5.31. The number of hydrogen-bond donors (Lipinski definition) is 1. The molecular weight excluding hydrogens is 211 g/mol. The zero-order valence-electron chi connectivity index (χ0n) is 9.61. The van der Waals surface area contributed by atoms with Crippen LogP contribution in [0.5, 0.6) is 0 Å². The van der Waals surface area contributed by atoms with E-state index in [1.54, 1.807) is 7.11 Å². The molecule has 90 valence electrons. The Hall–Kier alpha value is -1.27. The van der Waals surface area contributed by atoms with Gasteiger partial charge in [-0.05, 0) is 7.05 Å². The maximum Gasteiger partial charge on any atom is 0.217 e. The predicted octanol–water partition coefficient (Wildman–Crippen LogP) is 0.606. The molecule has 0 unspecified atom stereocenters. The number of rotatable bonds is 7. The molecule has 1 aromatic heterocycles. The van der Waals surface area contributed by atoms with Gasteiger partial charge < -0.3 is 15.0 Å². The van der Waals surface area contributed by atoms with Crippen molar-refractivity contribution in [1.82, 2.24) is 14.9 Å². The fourth-order valence-corrected chi connectivity index (χ4v) is 1.16. The number of likely N-dealkylation sites (N-methyl/N-ethyl adjacent to an activating group) is 1. The van der Waals surface area contributed by atoms with Crippen LogP contribution in [0.1, 0.15) is 0 Å². The first-order chi connectivity index (χ1) is 7.72. The SMILES string of the molecule is COCCN(C)CCNc1cc(F)ncn1. The van der Waals surface area contributed by atoms with E-state index in [1.807, 2.05) is 7.05 Å². The molecule has 1 heterocycles. The van der Waals surface area contributed by atoms with Crippen molar-refractivity contribution in [1.29, 1.82) is 0 Å². The summed E-state index contributed by atoms with van der Waals surface area (Å²) in [5.41, 5.74) is 0. The molecule has 6 heteroatoms. The van der Waals surface area contributed by atoms with Gasteiger partial charge in [-0.1, -0.05) is 0 Å². The largest absolute Gasteiger partial charge is 0.383 e. The van der Waals surface area contributed by atoms with Crippen molar-refractivity contribution in [3.8, 4) is 0 Å². The first-order valence-corrected chi connectivity index (χ1v) is 5.11. The summed E-state index contributed by atoms with van der Waals surface area (Å²) in [5.74, 6) is -0.0159. The molecule has 0 aliphatic rings. The van der Waals surface area contributed by atoms with Crippen molar-refractivity contribution in [2.24, 2.45) is 0 Å². The van der Waals surface area contributed by atoms with Crippen LogP contribution in [0.25, 0.3) is 0 Å². The maximum atomic E-state index is 12.7. The first-order valence-electron chi connectivity index (χ1n) is 5.11. The van der Waals surface area contributed by atoms with Gasteiger partial charge in [0.25, 0.3) is 0 Å². The lowest BCUT2D eigenvalue weighted by Gasteiger charge is -2.16. The molecule has 0 aliphatic carbocycles. The zero-order valence-corrected chi connectivity index (χ0v) is 9.61. The van der Waals surface area contributed by atoms with E-state index >= 15 is 0 Å². The van der Waals surface area contributed by atoms with Crippen LogP contribution in [0.4, 0.5) is 10.2 Å². The molecule has 5 nitrogen and oxygen atoms in total. The third-order valence-electron chi connectivity index (χ3n) is 2.11. The fraction of sp³-hybridized carbons (Fsp3) is 0.600. The number of ether oxygens (including phenoxy) is 1. The van der Waals surface area contributed by atoms with Gasteiger partial charge in [0.2, 0.25) is 5.95 Å². The average molecular weight is 228 g/mol. The molecular formula is C10H17FN4O. The fourth-order valence-electron chi connectivity index (χ4n) is 1.16. The highest BCUT2D eigenvalue weighted by Crippen LogP contribution is 2.01. The third-order valence-corrected chi connectivity index (χ3v) is 2.11. The summed E-state index contributed by atoms with van der Waals surface area (Å²) in [7, 11) is 3.68. The lowest BCUT2D eigenvalue weighted by Crippen LogP contribution is -2.28. The molecule has 0 atom stereocenters. The topological polar surface area (TPSA) is 50.3 Å². The molecule has 0 aliphatic heterocycles. The maximum absolute atomic E-state index is 12.7. The van der Waals surface area contributed by atoms with E-state index in [0.29, 0.717) is 19.0 Å². The summed E-state index contributed by atoms with van der Waals surface area (Å²) >= 11 is 0. The Morgan fingerprint density at radius 3 is 2.94 bits per heavy atom. The minimum absolute atomic E-state index is 0.507. The van der Waals surface area contributed by atoms with Gasteiger partial charge in [0.1, 0.15) is 12.1 Å². The number of hydrogen-bond acceptors (Lipinski definition) is 5. The van der Waals surface area contributed by atoms with Crippen molar-refractivity contribution >= 4 is 5.82 Å². The second kappa shape index (κ2) is 7.08. The van der Waals surface area contributed by atoms with Gasteiger partial charge >= 0.3 is 0 Å². The van der Waals surface area contributed by atoms with E-state index in [0.717, 1.165) is 13.1 Å². The van der Waals surface area contributed by atoms with Gasteiger partial charge in [0.05, 0.1) is 6.61 Å². The second-order valence-corrected chi connectivity index (χ2v) is 3.45. The highest BCUT2D eigenvalue weighted by Gasteiger charge is 1.99. The van der Waals surface area contributed by atoms with Gasteiger partial charge in [-0.3, -0.25) is 0 Å². The molecule has 16 heavy (non-hydrogen) atoms. The molecule has 0 saturated heterocycles. The second-order valence-electron chi connectivity index (χ2n) is 3.45. The minimum atomic E-state index is -0.523. The Labute approximate surface area is 94.6 Å². The van der Waals surface area contributed by atoms with Crippen molar-refractivity contribution in [2.75, 3.05) is 45.7 Å². The molecule has 1 N–H and O–H groups in total. The lowest BCUT2D eigenvalue weighted by atomic mass is 10.5. The Kier molecular flexibility index (Phi) is 5.66. The number of nitrogens with zero attached hydrogens (tertiary/aromatic N) is 3. The number of methoxy groups -OCH3 is 1. The molecule has 0 radical (unpaired) electrons. The van der Waals surface area contributed by atoms with Crippen LogP contribution < -0.4 is 5.32 Å². The summed E-state index contributed by atoms with van der Waals surface area (Å²) in [4.78, 5) is 9.39. The minimum Gasteiger partial charge on any atom is -0.383 e. The van der Waals surface area contributed by atoms with Crippen LogP contribution in [0.2, 0.25) is 0 Å². The van der Waals surface area contributed by atoms with Crippen LogP contribution in [0, 0.1) is 5.95 Å². The quantitative estimate of drug-likeness (QED) is 0.693. The van der Waals surface area contributed by atoms with Gasteiger partial charge in [-0.15, -0.1) is 0 Å². The van der Waals surface area contributed by atoms with Gasteiger partial charge in [-0.2, -0.15) is 4.39 Å². The zero-order chi connectivity index (χ0) is 11.8. The molecule has 0 bridgehead atoms. The lowest BCUT2D eigenvalue weighted by molar-refractivity contribution is 0.163. The van der Waals surface area contributed by atoms with E-state index in [1.165, 1.54) is 12.4 Å². The van der Waals surface area contributed by atoms with Crippen molar-refractivity contribution in [3.63, 3.8) is 0 Å². The van der Waals surface area contributed by atoms with Crippen LogP contribution in [-0.2, 0) is 4.74 Å². The van der Waals surface area contributed by atoms with Crippen molar-refractivity contribution in [2.45, 2.75) is 0 Å². The Bertz CT molecular complexity index is 311. The molecule has 0 fully saturated rings. The molecule has 0 amide bonds. The first kappa shape index (κ1) is 12.8. The molecule has 1 rings (SSSR count). The average Bonchev–Trinajstić information content (AvgIpc) is 2.26. The standard InChI is InChI=1S/C10H17FN4O/c1-15(5-6-16-2)4-3-12-10-7-9(11)13-8-14-10/h7-8H,3-6H2,1-2H3,(H,12,13,14). The van der Waals surface area contributed by atoms with Crippen LogP contribution in [-0.4, -0.2) is 55.3 Å².